The minimum atomic E-state index is -4.73. The monoisotopic (exact) mass is 352 g/mol. The molecule has 1 aromatic carbocycles. The van der Waals surface area contributed by atoms with Crippen molar-refractivity contribution in [1.29, 1.82) is 0 Å². The molecular formula is C14H16F4N2O2S. The van der Waals surface area contributed by atoms with Crippen molar-refractivity contribution < 1.29 is 26.0 Å². The van der Waals surface area contributed by atoms with Gasteiger partial charge in [-0.15, -0.1) is 0 Å². The van der Waals surface area contributed by atoms with Gasteiger partial charge in [0.25, 0.3) is 0 Å². The lowest BCUT2D eigenvalue weighted by Gasteiger charge is -2.29. The standard InChI is InChI=1S/C14H16F4N2O2S/c15-12-4-1-8(14(16,17)18)5-13(12)23(21,22)20-11-6-9-2-3-10(7-11)19-9/h1,4-5,9-11,19-20H,2-3,6-7H2. The average molecular weight is 352 g/mol. The molecule has 0 saturated carbocycles. The van der Waals surface area contributed by atoms with Crippen molar-refractivity contribution >= 4 is 10.0 Å². The number of benzene rings is 1. The second kappa shape index (κ2) is 5.71. The lowest BCUT2D eigenvalue weighted by atomic mass is 10.0. The predicted molar refractivity (Wildman–Crippen MR) is 74.7 cm³/mol. The van der Waals surface area contributed by atoms with Crippen molar-refractivity contribution in [2.24, 2.45) is 0 Å². The van der Waals surface area contributed by atoms with Crippen LogP contribution in [0.2, 0.25) is 0 Å². The van der Waals surface area contributed by atoms with Gasteiger partial charge in [-0.2, -0.15) is 13.2 Å². The van der Waals surface area contributed by atoms with Crippen molar-refractivity contribution in [3.05, 3.63) is 29.6 Å². The first-order chi connectivity index (χ1) is 10.6. The van der Waals surface area contributed by atoms with Crippen LogP contribution in [-0.4, -0.2) is 26.5 Å². The Balaban J connectivity index is 1.85. The van der Waals surface area contributed by atoms with Gasteiger partial charge in [-0.3, -0.25) is 0 Å². The third-order valence-corrected chi connectivity index (χ3v) is 5.88. The molecule has 0 aliphatic carbocycles. The summed E-state index contributed by atoms with van der Waals surface area (Å²) in [6.07, 6.45) is -1.74. The van der Waals surface area contributed by atoms with Crippen molar-refractivity contribution in [1.82, 2.24) is 10.0 Å². The van der Waals surface area contributed by atoms with E-state index in [-0.39, 0.29) is 12.1 Å². The molecule has 0 aromatic heterocycles. The first-order valence-corrected chi connectivity index (χ1v) is 8.78. The number of nitrogens with one attached hydrogen (secondary N) is 2. The van der Waals surface area contributed by atoms with Crippen LogP contribution in [0, 0.1) is 5.82 Å². The molecule has 3 rings (SSSR count). The van der Waals surface area contributed by atoms with Gasteiger partial charge in [0, 0.05) is 18.1 Å². The Morgan fingerprint density at radius 2 is 1.74 bits per heavy atom. The lowest BCUT2D eigenvalue weighted by Crippen LogP contribution is -2.48. The van der Waals surface area contributed by atoms with E-state index in [1.807, 2.05) is 0 Å². The minimum absolute atomic E-state index is 0.202. The minimum Gasteiger partial charge on any atom is -0.311 e. The molecular weight excluding hydrogens is 336 g/mol. The van der Waals surface area contributed by atoms with Crippen LogP contribution in [0.25, 0.3) is 0 Å². The number of sulfonamides is 1. The van der Waals surface area contributed by atoms with E-state index in [9.17, 15) is 26.0 Å². The quantitative estimate of drug-likeness (QED) is 0.822. The number of alkyl halides is 3. The molecule has 1 aromatic rings. The average Bonchev–Trinajstić information content (AvgIpc) is 2.76. The topological polar surface area (TPSA) is 58.2 Å². The van der Waals surface area contributed by atoms with E-state index in [2.05, 4.69) is 10.0 Å². The summed E-state index contributed by atoms with van der Waals surface area (Å²) in [6.45, 7) is 0. The smallest absolute Gasteiger partial charge is 0.311 e. The summed E-state index contributed by atoms with van der Waals surface area (Å²) in [4.78, 5) is -0.960. The number of hydrogen-bond acceptors (Lipinski definition) is 3. The largest absolute Gasteiger partial charge is 0.416 e. The first kappa shape index (κ1) is 16.7. The van der Waals surface area contributed by atoms with E-state index >= 15 is 0 Å². The molecule has 2 saturated heterocycles. The number of hydrogen-bond donors (Lipinski definition) is 2. The van der Waals surface area contributed by atoms with Crippen LogP contribution in [0.5, 0.6) is 0 Å². The zero-order chi connectivity index (χ0) is 16.8. The molecule has 0 radical (unpaired) electrons. The maximum Gasteiger partial charge on any atom is 0.416 e. The molecule has 23 heavy (non-hydrogen) atoms. The molecule has 9 heteroatoms. The van der Waals surface area contributed by atoms with Crippen LogP contribution in [0.1, 0.15) is 31.2 Å². The van der Waals surface area contributed by atoms with Gasteiger partial charge in [0.05, 0.1) is 5.56 Å². The van der Waals surface area contributed by atoms with E-state index in [1.165, 1.54) is 0 Å². The summed E-state index contributed by atoms with van der Waals surface area (Å²) in [7, 11) is -4.35. The first-order valence-electron chi connectivity index (χ1n) is 7.30. The van der Waals surface area contributed by atoms with Crippen LogP contribution in [-0.2, 0) is 16.2 Å². The van der Waals surface area contributed by atoms with Crippen molar-refractivity contribution in [2.45, 2.75) is 54.9 Å². The number of halogens is 4. The fourth-order valence-corrected chi connectivity index (χ4v) is 4.69. The lowest BCUT2D eigenvalue weighted by molar-refractivity contribution is -0.137. The summed E-state index contributed by atoms with van der Waals surface area (Å²) in [6, 6.07) is 1.41. The molecule has 2 N–H and O–H groups in total. The van der Waals surface area contributed by atoms with Gasteiger partial charge in [0.1, 0.15) is 10.7 Å². The van der Waals surface area contributed by atoms with E-state index < -0.39 is 38.5 Å². The molecule has 2 bridgehead atoms. The molecule has 0 spiro atoms. The fraction of sp³-hybridized carbons (Fsp3) is 0.571. The Bertz CT molecular complexity index is 693. The Morgan fingerprint density at radius 1 is 1.13 bits per heavy atom. The van der Waals surface area contributed by atoms with E-state index in [1.54, 1.807) is 0 Å². The highest BCUT2D eigenvalue weighted by atomic mass is 32.2. The molecule has 2 heterocycles. The van der Waals surface area contributed by atoms with Crippen molar-refractivity contribution in [3.8, 4) is 0 Å². The second-order valence-corrected chi connectivity index (χ2v) is 7.75. The maximum atomic E-state index is 13.8. The van der Waals surface area contributed by atoms with Crippen molar-refractivity contribution in [3.63, 3.8) is 0 Å². The van der Waals surface area contributed by atoms with Crippen LogP contribution < -0.4 is 10.0 Å². The normalized spacial score (nSPS) is 28.1. The van der Waals surface area contributed by atoms with E-state index in [4.69, 9.17) is 0 Å². The fourth-order valence-electron chi connectivity index (χ4n) is 3.32. The summed E-state index contributed by atoms with van der Waals surface area (Å²) >= 11 is 0. The molecule has 2 aliphatic rings. The van der Waals surface area contributed by atoms with Gasteiger partial charge in [-0.1, -0.05) is 0 Å². The highest BCUT2D eigenvalue weighted by Crippen LogP contribution is 2.32. The summed E-state index contributed by atoms with van der Waals surface area (Å²) < 4.78 is 78.9. The number of fused-ring (bicyclic) bond motifs is 2. The highest BCUT2D eigenvalue weighted by Gasteiger charge is 2.37. The molecule has 128 valence electrons. The Kier molecular flexibility index (Phi) is 4.14. The SMILES string of the molecule is O=S(=O)(NC1CC2CCC(C1)N2)c1cc(C(F)(F)F)ccc1F. The second-order valence-electron chi connectivity index (χ2n) is 6.07. The van der Waals surface area contributed by atoms with Gasteiger partial charge in [-0.25, -0.2) is 17.5 Å². The summed E-state index contributed by atoms with van der Waals surface area (Å²) in [5.74, 6) is -1.19. The van der Waals surface area contributed by atoms with Crippen LogP contribution in [0.15, 0.2) is 23.1 Å². The Labute approximate surface area is 131 Å². The van der Waals surface area contributed by atoms with Gasteiger partial charge < -0.3 is 5.32 Å². The molecule has 0 amide bonds. The molecule has 2 aliphatic heterocycles. The zero-order valence-electron chi connectivity index (χ0n) is 12.0. The Hall–Kier alpha value is -1.19. The highest BCUT2D eigenvalue weighted by molar-refractivity contribution is 7.89. The number of rotatable bonds is 3. The summed E-state index contributed by atoms with van der Waals surface area (Å²) in [5.41, 5.74) is -1.19. The third kappa shape index (κ3) is 3.51. The van der Waals surface area contributed by atoms with Crippen LogP contribution >= 0.6 is 0 Å². The van der Waals surface area contributed by atoms with Crippen molar-refractivity contribution in [2.75, 3.05) is 0 Å². The van der Waals surface area contributed by atoms with Crippen LogP contribution in [0.4, 0.5) is 17.6 Å². The van der Waals surface area contributed by atoms with E-state index in [0.717, 1.165) is 12.8 Å². The van der Waals surface area contributed by atoms with Gasteiger partial charge >= 0.3 is 6.18 Å². The zero-order valence-corrected chi connectivity index (χ0v) is 12.8. The summed E-state index contributed by atoms with van der Waals surface area (Å²) in [5, 5.41) is 3.33. The maximum absolute atomic E-state index is 13.8. The molecule has 2 atom stereocenters. The van der Waals surface area contributed by atoms with Crippen LogP contribution in [0.3, 0.4) is 0 Å². The van der Waals surface area contributed by atoms with Gasteiger partial charge in [-0.05, 0) is 43.9 Å². The third-order valence-electron chi connectivity index (χ3n) is 4.34. The predicted octanol–water partition coefficient (Wildman–Crippen LogP) is 2.41. The molecule has 2 fully saturated rings. The van der Waals surface area contributed by atoms with E-state index in [0.29, 0.717) is 31.0 Å². The Morgan fingerprint density at radius 3 is 2.30 bits per heavy atom. The van der Waals surface area contributed by atoms with Gasteiger partial charge in [0.2, 0.25) is 10.0 Å². The number of piperidine rings is 1. The molecule has 2 unspecified atom stereocenters. The molecule has 4 nitrogen and oxygen atoms in total. The van der Waals surface area contributed by atoms with Gasteiger partial charge in [0.15, 0.2) is 0 Å².